The molecule has 12 heavy (non-hydrogen) atoms. The fourth-order valence-electron chi connectivity index (χ4n) is 1.37. The average Bonchev–Trinajstić information content (AvgIpc) is 2.34. The van der Waals surface area contributed by atoms with Gasteiger partial charge in [-0.3, -0.25) is 4.68 Å². The summed E-state index contributed by atoms with van der Waals surface area (Å²) < 4.78 is 1.83. The topological polar surface area (TPSA) is 43.8 Å². The van der Waals surface area contributed by atoms with Crippen molar-refractivity contribution >= 4 is 0 Å². The Morgan fingerprint density at radius 2 is 2.25 bits per heavy atom. The molecule has 0 bridgehead atoms. The Morgan fingerprint density at radius 3 is 2.67 bits per heavy atom. The molecule has 2 atom stereocenters. The Morgan fingerprint density at radius 1 is 1.58 bits per heavy atom. The second-order valence-electron chi connectivity index (χ2n) is 3.53. The van der Waals surface area contributed by atoms with Crippen molar-refractivity contribution in [3.8, 4) is 0 Å². The lowest BCUT2D eigenvalue weighted by Gasteiger charge is -2.10. The maximum Gasteiger partial charge on any atom is 0.0653 e. The summed E-state index contributed by atoms with van der Waals surface area (Å²) in [7, 11) is 1.93. The van der Waals surface area contributed by atoms with E-state index in [1.165, 1.54) is 0 Å². The van der Waals surface area contributed by atoms with Gasteiger partial charge in [-0.15, -0.1) is 0 Å². The van der Waals surface area contributed by atoms with Crippen LogP contribution < -0.4 is 5.73 Å². The highest BCUT2D eigenvalue weighted by molar-refractivity contribution is 5.05. The standard InChI is InChI=1S/C9H17N3/c1-7(6-8(2)10)9-4-5-12(3)11-9/h4-5,7-8H,6,10H2,1-3H3. The van der Waals surface area contributed by atoms with Crippen molar-refractivity contribution in [2.45, 2.75) is 32.2 Å². The van der Waals surface area contributed by atoms with Gasteiger partial charge in [-0.05, 0) is 19.4 Å². The van der Waals surface area contributed by atoms with Crippen LogP contribution in [0.3, 0.4) is 0 Å². The molecule has 2 unspecified atom stereocenters. The van der Waals surface area contributed by atoms with E-state index in [0.29, 0.717) is 5.92 Å². The molecule has 0 spiro atoms. The molecule has 1 heterocycles. The van der Waals surface area contributed by atoms with E-state index in [1.807, 2.05) is 30.9 Å². The Bertz CT molecular complexity index is 240. The van der Waals surface area contributed by atoms with Gasteiger partial charge in [0.2, 0.25) is 0 Å². The van der Waals surface area contributed by atoms with E-state index in [1.54, 1.807) is 0 Å². The summed E-state index contributed by atoms with van der Waals surface area (Å²) in [5, 5.41) is 4.32. The molecule has 0 saturated carbocycles. The van der Waals surface area contributed by atoms with E-state index < -0.39 is 0 Å². The second-order valence-corrected chi connectivity index (χ2v) is 3.53. The molecule has 1 rings (SSSR count). The molecule has 2 N–H and O–H groups in total. The summed E-state index contributed by atoms with van der Waals surface area (Å²) in [5.74, 6) is 0.464. The number of aromatic nitrogens is 2. The minimum Gasteiger partial charge on any atom is -0.328 e. The van der Waals surface area contributed by atoms with Gasteiger partial charge in [0, 0.05) is 25.2 Å². The Hall–Kier alpha value is -0.830. The van der Waals surface area contributed by atoms with Crippen LogP contribution in [0.15, 0.2) is 12.3 Å². The third kappa shape index (κ3) is 2.34. The van der Waals surface area contributed by atoms with Gasteiger partial charge in [0.25, 0.3) is 0 Å². The van der Waals surface area contributed by atoms with E-state index in [9.17, 15) is 0 Å². The van der Waals surface area contributed by atoms with Gasteiger partial charge in [-0.2, -0.15) is 5.10 Å². The van der Waals surface area contributed by atoms with Gasteiger partial charge >= 0.3 is 0 Å². The molecular formula is C9H17N3. The molecule has 0 fully saturated rings. The van der Waals surface area contributed by atoms with Crippen LogP contribution >= 0.6 is 0 Å². The van der Waals surface area contributed by atoms with Crippen LogP contribution in [-0.2, 0) is 7.05 Å². The van der Waals surface area contributed by atoms with Gasteiger partial charge in [0.15, 0.2) is 0 Å². The van der Waals surface area contributed by atoms with Crippen molar-refractivity contribution in [1.82, 2.24) is 9.78 Å². The third-order valence-electron chi connectivity index (χ3n) is 1.96. The minimum atomic E-state index is 0.252. The lowest BCUT2D eigenvalue weighted by molar-refractivity contribution is 0.566. The van der Waals surface area contributed by atoms with Gasteiger partial charge in [0.1, 0.15) is 0 Å². The monoisotopic (exact) mass is 167 g/mol. The molecule has 0 radical (unpaired) electrons. The molecule has 0 aliphatic heterocycles. The van der Waals surface area contributed by atoms with Crippen LogP contribution in [0.2, 0.25) is 0 Å². The highest BCUT2D eigenvalue weighted by Crippen LogP contribution is 2.17. The molecular weight excluding hydrogens is 150 g/mol. The number of hydrogen-bond acceptors (Lipinski definition) is 2. The van der Waals surface area contributed by atoms with Crippen LogP contribution in [0.25, 0.3) is 0 Å². The first-order chi connectivity index (χ1) is 5.59. The smallest absolute Gasteiger partial charge is 0.0653 e. The Labute approximate surface area is 73.6 Å². The van der Waals surface area contributed by atoms with E-state index >= 15 is 0 Å². The molecule has 68 valence electrons. The zero-order valence-electron chi connectivity index (χ0n) is 7.99. The molecule has 0 amide bonds. The largest absolute Gasteiger partial charge is 0.328 e. The van der Waals surface area contributed by atoms with E-state index in [-0.39, 0.29) is 6.04 Å². The normalized spacial score (nSPS) is 16.0. The predicted molar refractivity (Wildman–Crippen MR) is 49.9 cm³/mol. The first-order valence-electron chi connectivity index (χ1n) is 4.34. The molecule has 0 aliphatic rings. The SMILES string of the molecule is CC(N)CC(C)c1ccn(C)n1. The van der Waals surface area contributed by atoms with Crippen LogP contribution in [-0.4, -0.2) is 15.8 Å². The fourth-order valence-corrected chi connectivity index (χ4v) is 1.37. The van der Waals surface area contributed by atoms with E-state index in [4.69, 9.17) is 5.73 Å². The number of aryl methyl sites for hydroxylation is 1. The summed E-state index contributed by atoms with van der Waals surface area (Å²) in [6.45, 7) is 4.19. The highest BCUT2D eigenvalue weighted by atomic mass is 15.2. The molecule has 3 heteroatoms. The van der Waals surface area contributed by atoms with E-state index in [2.05, 4.69) is 12.0 Å². The number of nitrogens with two attached hydrogens (primary N) is 1. The highest BCUT2D eigenvalue weighted by Gasteiger charge is 2.09. The van der Waals surface area contributed by atoms with Crippen molar-refractivity contribution in [2.75, 3.05) is 0 Å². The van der Waals surface area contributed by atoms with Crippen LogP contribution in [0.5, 0.6) is 0 Å². The fraction of sp³-hybridized carbons (Fsp3) is 0.667. The summed E-state index contributed by atoms with van der Waals surface area (Å²) in [6, 6.07) is 2.30. The van der Waals surface area contributed by atoms with Crippen molar-refractivity contribution in [3.05, 3.63) is 18.0 Å². The molecule has 1 aromatic heterocycles. The summed E-state index contributed by atoms with van der Waals surface area (Å²) in [5.41, 5.74) is 6.84. The van der Waals surface area contributed by atoms with Gasteiger partial charge in [-0.25, -0.2) is 0 Å². The van der Waals surface area contributed by atoms with Crippen LogP contribution in [0, 0.1) is 0 Å². The van der Waals surface area contributed by atoms with E-state index in [0.717, 1.165) is 12.1 Å². The Kier molecular flexibility index (Phi) is 2.87. The van der Waals surface area contributed by atoms with Gasteiger partial charge < -0.3 is 5.73 Å². The molecule has 0 aliphatic carbocycles. The van der Waals surface area contributed by atoms with Crippen molar-refractivity contribution in [3.63, 3.8) is 0 Å². The third-order valence-corrected chi connectivity index (χ3v) is 1.96. The maximum absolute atomic E-state index is 5.70. The maximum atomic E-state index is 5.70. The first kappa shape index (κ1) is 9.26. The average molecular weight is 167 g/mol. The predicted octanol–water partition coefficient (Wildman–Crippen LogP) is 1.26. The lowest BCUT2D eigenvalue weighted by atomic mass is 10.0. The number of nitrogens with zero attached hydrogens (tertiary/aromatic N) is 2. The second kappa shape index (κ2) is 3.72. The molecule has 1 aromatic rings. The lowest BCUT2D eigenvalue weighted by Crippen LogP contribution is -2.17. The summed E-state index contributed by atoms with van der Waals surface area (Å²) in [6.07, 6.45) is 2.96. The van der Waals surface area contributed by atoms with Gasteiger partial charge in [-0.1, -0.05) is 6.92 Å². The molecule has 0 aromatic carbocycles. The van der Waals surface area contributed by atoms with Crippen LogP contribution in [0.4, 0.5) is 0 Å². The van der Waals surface area contributed by atoms with Gasteiger partial charge in [0.05, 0.1) is 5.69 Å². The first-order valence-corrected chi connectivity index (χ1v) is 4.34. The summed E-state index contributed by atoms with van der Waals surface area (Å²) in [4.78, 5) is 0. The molecule has 3 nitrogen and oxygen atoms in total. The summed E-state index contributed by atoms with van der Waals surface area (Å²) >= 11 is 0. The quantitative estimate of drug-likeness (QED) is 0.736. The van der Waals surface area contributed by atoms with Crippen molar-refractivity contribution < 1.29 is 0 Å². The zero-order chi connectivity index (χ0) is 9.14. The zero-order valence-corrected chi connectivity index (χ0v) is 7.99. The van der Waals surface area contributed by atoms with Crippen LogP contribution in [0.1, 0.15) is 31.9 Å². The minimum absolute atomic E-state index is 0.252. The number of rotatable bonds is 3. The molecule has 0 saturated heterocycles. The van der Waals surface area contributed by atoms with Crippen molar-refractivity contribution in [2.24, 2.45) is 12.8 Å². The Balaban J connectivity index is 2.58. The number of hydrogen-bond donors (Lipinski definition) is 1. The van der Waals surface area contributed by atoms with Crippen molar-refractivity contribution in [1.29, 1.82) is 0 Å².